The van der Waals surface area contributed by atoms with Crippen molar-refractivity contribution in [3.8, 4) is 11.4 Å². The van der Waals surface area contributed by atoms with E-state index in [1.807, 2.05) is 72.2 Å². The maximum Gasteiger partial charge on any atom is 0.253 e. The fourth-order valence-electron chi connectivity index (χ4n) is 3.45. The molecule has 0 radical (unpaired) electrons. The predicted molar refractivity (Wildman–Crippen MR) is 152 cm³/mol. The fraction of sp³-hybridized carbons (Fsp3) is 0.185. The number of benzene rings is 3. The molecule has 4 rings (SSSR count). The molecule has 0 aliphatic carbocycles. The highest BCUT2D eigenvalue weighted by Crippen LogP contribution is 2.26. The van der Waals surface area contributed by atoms with Crippen LogP contribution in [-0.2, 0) is 11.3 Å². The minimum absolute atomic E-state index is 0.253. The van der Waals surface area contributed by atoms with Gasteiger partial charge in [-0.15, -0.1) is 10.2 Å². The lowest BCUT2D eigenvalue weighted by molar-refractivity contribution is -0.120. The van der Waals surface area contributed by atoms with Crippen LogP contribution in [0.25, 0.3) is 5.69 Å². The van der Waals surface area contributed by atoms with Crippen LogP contribution < -0.4 is 15.5 Å². The summed E-state index contributed by atoms with van der Waals surface area (Å²) in [5.41, 5.74) is 6.46. The molecule has 0 bridgehead atoms. The molecule has 1 heterocycles. The summed E-state index contributed by atoms with van der Waals surface area (Å²) in [6.45, 7) is 4.34. The van der Waals surface area contributed by atoms with E-state index < -0.39 is 5.25 Å². The van der Waals surface area contributed by atoms with Crippen LogP contribution in [0.1, 0.15) is 23.9 Å². The number of nitrogens with zero attached hydrogens (tertiary/aromatic N) is 4. The van der Waals surface area contributed by atoms with Gasteiger partial charge in [0, 0.05) is 21.4 Å². The second kappa shape index (κ2) is 12.6. The number of hydrazone groups is 1. The van der Waals surface area contributed by atoms with E-state index in [0.717, 1.165) is 27.2 Å². The van der Waals surface area contributed by atoms with Crippen molar-refractivity contribution in [3.05, 3.63) is 94.2 Å². The molecule has 0 aliphatic rings. The third-order valence-corrected chi connectivity index (χ3v) is 6.97. The summed E-state index contributed by atoms with van der Waals surface area (Å²) in [7, 11) is 1.59. The molecule has 1 atom stereocenters. The van der Waals surface area contributed by atoms with E-state index in [2.05, 4.69) is 61.0 Å². The molecular weight excluding hydrogens is 552 g/mol. The monoisotopic (exact) mass is 578 g/mol. The smallest absolute Gasteiger partial charge is 0.253 e. The molecule has 8 nitrogen and oxygen atoms in total. The van der Waals surface area contributed by atoms with E-state index in [-0.39, 0.29) is 5.91 Å². The van der Waals surface area contributed by atoms with Crippen LogP contribution in [0.2, 0.25) is 0 Å². The van der Waals surface area contributed by atoms with E-state index in [0.29, 0.717) is 17.5 Å². The average molecular weight is 580 g/mol. The molecule has 37 heavy (non-hydrogen) atoms. The van der Waals surface area contributed by atoms with Crippen molar-refractivity contribution in [2.24, 2.45) is 5.10 Å². The number of anilines is 1. The number of carbonyl (C=O) groups is 1. The highest BCUT2D eigenvalue weighted by atomic mass is 79.9. The Kier molecular flexibility index (Phi) is 8.97. The average Bonchev–Trinajstić information content (AvgIpc) is 3.31. The topological polar surface area (TPSA) is 93.4 Å². The first-order chi connectivity index (χ1) is 17.9. The standard InChI is InChI=1S/C27H27BrN6O2S/c1-18-9-12-22(13-10-18)29-17-25-31-33-27(34(25)23-7-5-4-6-8-23)37-19(2)26(35)32-30-16-20-15-21(28)11-14-24(20)36-3/h4-16,19,29H,17H2,1-3H3,(H,32,35)/b30-16-/t19-/m1/s1. The van der Waals surface area contributed by atoms with Crippen molar-refractivity contribution in [3.63, 3.8) is 0 Å². The SMILES string of the molecule is COc1ccc(Br)cc1/C=N\NC(=O)[C@@H](C)Sc1nnc(CNc2ccc(C)cc2)n1-c1ccccc1. The number of halogens is 1. The Labute approximate surface area is 228 Å². The zero-order valence-corrected chi connectivity index (χ0v) is 23.1. The van der Waals surface area contributed by atoms with E-state index in [1.165, 1.54) is 17.3 Å². The van der Waals surface area contributed by atoms with Gasteiger partial charge in [-0.05, 0) is 56.3 Å². The number of ether oxygens (including phenoxy) is 1. The van der Waals surface area contributed by atoms with E-state index in [9.17, 15) is 4.79 Å². The Morgan fingerprint density at radius 1 is 1.14 bits per heavy atom. The number of aryl methyl sites for hydroxylation is 1. The summed E-state index contributed by atoms with van der Waals surface area (Å²) in [6.07, 6.45) is 1.56. The Morgan fingerprint density at radius 3 is 2.62 bits per heavy atom. The van der Waals surface area contributed by atoms with Gasteiger partial charge in [-0.3, -0.25) is 9.36 Å². The molecule has 3 aromatic carbocycles. The molecule has 1 aromatic heterocycles. The van der Waals surface area contributed by atoms with Crippen molar-refractivity contribution in [2.45, 2.75) is 30.8 Å². The van der Waals surface area contributed by atoms with Gasteiger partial charge < -0.3 is 10.1 Å². The van der Waals surface area contributed by atoms with Crippen molar-refractivity contribution < 1.29 is 9.53 Å². The van der Waals surface area contributed by atoms with Crippen LogP contribution >= 0.6 is 27.7 Å². The largest absolute Gasteiger partial charge is 0.496 e. The number of aromatic nitrogens is 3. The quantitative estimate of drug-likeness (QED) is 0.145. The molecule has 0 unspecified atom stereocenters. The second-order valence-corrected chi connectivity index (χ2v) is 10.4. The Bertz CT molecular complexity index is 1380. The fourth-order valence-corrected chi connectivity index (χ4v) is 4.71. The Balaban J connectivity index is 1.47. The number of methoxy groups -OCH3 is 1. The van der Waals surface area contributed by atoms with Gasteiger partial charge in [0.05, 0.1) is 25.1 Å². The first kappa shape index (κ1) is 26.4. The van der Waals surface area contributed by atoms with Gasteiger partial charge in [-0.25, -0.2) is 5.43 Å². The van der Waals surface area contributed by atoms with E-state index in [4.69, 9.17) is 4.74 Å². The molecule has 4 aromatic rings. The molecule has 10 heteroatoms. The number of nitrogens with one attached hydrogen (secondary N) is 2. The zero-order chi connectivity index (χ0) is 26.2. The molecule has 0 saturated carbocycles. The minimum Gasteiger partial charge on any atom is -0.496 e. The number of carbonyl (C=O) groups excluding carboxylic acids is 1. The Morgan fingerprint density at radius 2 is 1.89 bits per heavy atom. The number of rotatable bonds is 10. The van der Waals surface area contributed by atoms with E-state index in [1.54, 1.807) is 13.3 Å². The number of hydrogen-bond donors (Lipinski definition) is 2. The molecular formula is C27H27BrN6O2S. The lowest BCUT2D eigenvalue weighted by Crippen LogP contribution is -2.27. The van der Waals surface area contributed by atoms with Crippen LogP contribution in [-0.4, -0.2) is 39.2 Å². The zero-order valence-electron chi connectivity index (χ0n) is 20.7. The predicted octanol–water partition coefficient (Wildman–Crippen LogP) is 5.59. The van der Waals surface area contributed by atoms with Crippen molar-refractivity contribution in [1.82, 2.24) is 20.2 Å². The number of para-hydroxylation sites is 1. The summed E-state index contributed by atoms with van der Waals surface area (Å²) in [6, 6.07) is 23.6. The summed E-state index contributed by atoms with van der Waals surface area (Å²) in [4.78, 5) is 12.8. The van der Waals surface area contributed by atoms with Gasteiger partial charge in [0.25, 0.3) is 5.91 Å². The van der Waals surface area contributed by atoms with Gasteiger partial charge in [-0.2, -0.15) is 5.10 Å². The molecule has 0 aliphatic heterocycles. The third kappa shape index (κ3) is 6.99. The van der Waals surface area contributed by atoms with Crippen molar-refractivity contribution >= 4 is 45.5 Å². The maximum absolute atomic E-state index is 12.8. The molecule has 190 valence electrons. The van der Waals surface area contributed by atoms with Gasteiger partial charge in [0.1, 0.15) is 5.75 Å². The number of thioether (sulfide) groups is 1. The van der Waals surface area contributed by atoms with Crippen molar-refractivity contribution in [1.29, 1.82) is 0 Å². The van der Waals surface area contributed by atoms with Gasteiger partial charge in [0.2, 0.25) is 0 Å². The minimum atomic E-state index is -0.467. The van der Waals surface area contributed by atoms with Crippen LogP contribution in [0.15, 0.2) is 87.5 Å². The number of amides is 1. The third-order valence-electron chi connectivity index (χ3n) is 5.44. The van der Waals surface area contributed by atoms with Gasteiger partial charge in [0.15, 0.2) is 11.0 Å². The van der Waals surface area contributed by atoms with E-state index >= 15 is 0 Å². The number of hydrogen-bond acceptors (Lipinski definition) is 7. The summed E-state index contributed by atoms with van der Waals surface area (Å²) < 4.78 is 8.19. The summed E-state index contributed by atoms with van der Waals surface area (Å²) in [5, 5.41) is 16.5. The lowest BCUT2D eigenvalue weighted by Gasteiger charge is -2.13. The molecule has 0 fully saturated rings. The summed E-state index contributed by atoms with van der Waals surface area (Å²) >= 11 is 4.75. The second-order valence-electron chi connectivity index (χ2n) is 8.17. The highest BCUT2D eigenvalue weighted by Gasteiger charge is 2.21. The van der Waals surface area contributed by atoms with Crippen LogP contribution in [0, 0.1) is 6.92 Å². The normalized spacial score (nSPS) is 11.9. The highest BCUT2D eigenvalue weighted by molar-refractivity contribution is 9.10. The first-order valence-electron chi connectivity index (χ1n) is 11.6. The molecule has 1 amide bonds. The summed E-state index contributed by atoms with van der Waals surface area (Å²) in [5.74, 6) is 1.14. The lowest BCUT2D eigenvalue weighted by atomic mass is 10.2. The maximum atomic E-state index is 12.8. The Hall–Kier alpha value is -3.63. The molecule has 0 saturated heterocycles. The first-order valence-corrected chi connectivity index (χ1v) is 13.2. The molecule has 2 N–H and O–H groups in total. The van der Waals surface area contributed by atoms with Crippen LogP contribution in [0.3, 0.4) is 0 Å². The van der Waals surface area contributed by atoms with Crippen LogP contribution in [0.5, 0.6) is 5.75 Å². The van der Waals surface area contributed by atoms with Crippen molar-refractivity contribution in [2.75, 3.05) is 12.4 Å². The van der Waals surface area contributed by atoms with Gasteiger partial charge in [-0.1, -0.05) is 63.6 Å². The van der Waals surface area contributed by atoms with Crippen LogP contribution in [0.4, 0.5) is 5.69 Å². The van der Waals surface area contributed by atoms with Gasteiger partial charge >= 0.3 is 0 Å². The molecule has 0 spiro atoms.